The summed E-state index contributed by atoms with van der Waals surface area (Å²) < 4.78 is 10.6. The number of amides is 3. The summed E-state index contributed by atoms with van der Waals surface area (Å²) in [6.45, 7) is 1.77. The maximum atomic E-state index is 12.7. The number of rotatable bonds is 3. The van der Waals surface area contributed by atoms with Crippen LogP contribution in [-0.4, -0.2) is 66.3 Å². The Bertz CT molecular complexity index is 813. The van der Waals surface area contributed by atoms with Crippen molar-refractivity contribution in [3.63, 3.8) is 0 Å². The second-order valence-corrected chi connectivity index (χ2v) is 8.43. The Morgan fingerprint density at radius 2 is 1.83 bits per heavy atom. The molecule has 2 saturated heterocycles. The summed E-state index contributed by atoms with van der Waals surface area (Å²) in [4.78, 5) is 40.7. The molecule has 162 valence electrons. The minimum atomic E-state index is -0.492. The van der Waals surface area contributed by atoms with Crippen molar-refractivity contribution in [3.8, 4) is 0 Å². The third kappa shape index (κ3) is 4.08. The summed E-state index contributed by atoms with van der Waals surface area (Å²) in [5.41, 5.74) is 0.459. The van der Waals surface area contributed by atoms with E-state index in [2.05, 4.69) is 5.32 Å². The molecule has 0 unspecified atom stereocenters. The number of ether oxygens (including phenoxy) is 2. The van der Waals surface area contributed by atoms with E-state index in [4.69, 9.17) is 9.47 Å². The quantitative estimate of drug-likeness (QED) is 0.762. The van der Waals surface area contributed by atoms with Crippen LogP contribution in [0.25, 0.3) is 0 Å². The lowest BCUT2D eigenvalue weighted by molar-refractivity contribution is 0.0259. The van der Waals surface area contributed by atoms with Gasteiger partial charge in [0.05, 0.1) is 24.9 Å². The van der Waals surface area contributed by atoms with Gasteiger partial charge in [0, 0.05) is 19.1 Å². The number of piperidine rings is 1. The molecule has 0 atom stereocenters. The normalized spacial score (nSPS) is 21.4. The van der Waals surface area contributed by atoms with E-state index in [9.17, 15) is 14.4 Å². The molecule has 1 N–H and O–H groups in total. The first-order valence-electron chi connectivity index (χ1n) is 10.7. The first-order chi connectivity index (χ1) is 14.5. The monoisotopic (exact) mass is 415 g/mol. The number of anilines is 1. The van der Waals surface area contributed by atoms with Gasteiger partial charge in [-0.3, -0.25) is 0 Å². The highest BCUT2D eigenvalue weighted by Crippen LogP contribution is 2.38. The van der Waals surface area contributed by atoms with Crippen molar-refractivity contribution in [2.24, 2.45) is 0 Å². The minimum absolute atomic E-state index is 0.102. The molecule has 1 aliphatic carbocycles. The number of hydrogen-bond acceptors (Lipinski definition) is 5. The lowest BCUT2D eigenvalue weighted by Gasteiger charge is -2.36. The SMILES string of the molecule is COC(=O)c1ccccc1NC(=O)N1CCC(N2CC3(CCCCC3)OC2=O)CC1. The first kappa shape index (κ1) is 20.5. The van der Waals surface area contributed by atoms with Crippen LogP contribution in [0.2, 0.25) is 0 Å². The van der Waals surface area contributed by atoms with E-state index in [1.165, 1.54) is 13.5 Å². The molecular weight excluding hydrogens is 386 g/mol. The topological polar surface area (TPSA) is 88.2 Å². The molecule has 1 aromatic carbocycles. The molecular formula is C22H29N3O5. The Hall–Kier alpha value is -2.77. The molecule has 1 aromatic rings. The number of likely N-dealkylation sites (tertiary alicyclic amines) is 1. The van der Waals surface area contributed by atoms with Crippen LogP contribution >= 0.6 is 0 Å². The van der Waals surface area contributed by atoms with Gasteiger partial charge in [-0.25, -0.2) is 14.4 Å². The summed E-state index contributed by atoms with van der Waals surface area (Å²) >= 11 is 0. The van der Waals surface area contributed by atoms with Crippen LogP contribution in [0.3, 0.4) is 0 Å². The van der Waals surface area contributed by atoms with Gasteiger partial charge in [0.25, 0.3) is 0 Å². The van der Waals surface area contributed by atoms with E-state index in [0.717, 1.165) is 38.5 Å². The number of hydrogen-bond donors (Lipinski definition) is 1. The van der Waals surface area contributed by atoms with E-state index in [0.29, 0.717) is 30.9 Å². The maximum absolute atomic E-state index is 12.7. The Kier molecular flexibility index (Phi) is 5.83. The fourth-order valence-electron chi connectivity index (χ4n) is 4.84. The molecule has 2 heterocycles. The molecule has 8 nitrogen and oxygen atoms in total. The average Bonchev–Trinajstić information content (AvgIpc) is 3.09. The number of para-hydroxylation sites is 1. The average molecular weight is 415 g/mol. The smallest absolute Gasteiger partial charge is 0.410 e. The number of nitrogens with one attached hydrogen (secondary N) is 1. The molecule has 3 aliphatic rings. The Morgan fingerprint density at radius 1 is 1.13 bits per heavy atom. The molecule has 3 amide bonds. The number of esters is 1. The van der Waals surface area contributed by atoms with Crippen molar-refractivity contribution in [3.05, 3.63) is 29.8 Å². The summed E-state index contributed by atoms with van der Waals surface area (Å²) in [5, 5.41) is 2.82. The van der Waals surface area contributed by atoms with Crippen LogP contribution in [0.1, 0.15) is 55.3 Å². The minimum Gasteiger partial charge on any atom is -0.465 e. The zero-order chi connectivity index (χ0) is 21.1. The highest BCUT2D eigenvalue weighted by Gasteiger charge is 2.48. The zero-order valence-electron chi connectivity index (χ0n) is 17.4. The Labute approximate surface area is 176 Å². The van der Waals surface area contributed by atoms with Gasteiger partial charge in [0.1, 0.15) is 5.60 Å². The van der Waals surface area contributed by atoms with Crippen LogP contribution in [-0.2, 0) is 9.47 Å². The molecule has 1 saturated carbocycles. The molecule has 30 heavy (non-hydrogen) atoms. The fraction of sp³-hybridized carbons (Fsp3) is 0.591. The molecule has 0 aromatic heterocycles. The van der Waals surface area contributed by atoms with Crippen LogP contribution in [0.4, 0.5) is 15.3 Å². The number of methoxy groups -OCH3 is 1. The largest absolute Gasteiger partial charge is 0.465 e. The molecule has 4 rings (SSSR count). The van der Waals surface area contributed by atoms with E-state index in [1.807, 2.05) is 4.90 Å². The van der Waals surface area contributed by atoms with Crippen molar-refractivity contribution < 1.29 is 23.9 Å². The highest BCUT2D eigenvalue weighted by molar-refractivity contribution is 6.00. The summed E-state index contributed by atoms with van der Waals surface area (Å²) in [5.74, 6) is -0.492. The van der Waals surface area contributed by atoms with Gasteiger partial charge in [-0.2, -0.15) is 0 Å². The fourth-order valence-corrected chi connectivity index (χ4v) is 4.84. The van der Waals surface area contributed by atoms with E-state index in [-0.39, 0.29) is 23.8 Å². The molecule has 8 heteroatoms. The van der Waals surface area contributed by atoms with Gasteiger partial charge in [0.2, 0.25) is 0 Å². The Morgan fingerprint density at radius 3 is 2.53 bits per heavy atom. The van der Waals surface area contributed by atoms with Crippen LogP contribution < -0.4 is 5.32 Å². The molecule has 0 radical (unpaired) electrons. The van der Waals surface area contributed by atoms with Gasteiger partial charge < -0.3 is 24.6 Å². The van der Waals surface area contributed by atoms with Gasteiger partial charge in [-0.05, 0) is 50.7 Å². The van der Waals surface area contributed by atoms with Crippen LogP contribution in [0, 0.1) is 0 Å². The third-order valence-electron chi connectivity index (χ3n) is 6.53. The van der Waals surface area contributed by atoms with Crippen LogP contribution in [0.15, 0.2) is 24.3 Å². The van der Waals surface area contributed by atoms with Crippen molar-refractivity contribution in [1.29, 1.82) is 0 Å². The number of benzene rings is 1. The van der Waals surface area contributed by atoms with Gasteiger partial charge in [-0.15, -0.1) is 0 Å². The zero-order valence-corrected chi connectivity index (χ0v) is 17.4. The first-order valence-corrected chi connectivity index (χ1v) is 10.7. The Balaban J connectivity index is 1.33. The lowest BCUT2D eigenvalue weighted by Crippen LogP contribution is -2.49. The van der Waals surface area contributed by atoms with Crippen molar-refractivity contribution in [2.75, 3.05) is 32.1 Å². The molecule has 1 spiro atoms. The van der Waals surface area contributed by atoms with Gasteiger partial charge in [0.15, 0.2) is 0 Å². The standard InChI is InChI=1S/C22H29N3O5/c1-29-19(26)17-7-3-4-8-18(17)23-20(27)24-13-9-16(10-14-24)25-15-22(30-21(25)28)11-5-2-6-12-22/h3-4,7-8,16H,2,5-6,9-15H2,1H3,(H,23,27). The molecule has 2 aliphatic heterocycles. The van der Waals surface area contributed by atoms with E-state index in [1.54, 1.807) is 29.2 Å². The van der Waals surface area contributed by atoms with E-state index < -0.39 is 5.97 Å². The maximum Gasteiger partial charge on any atom is 0.410 e. The summed E-state index contributed by atoms with van der Waals surface area (Å²) in [6, 6.07) is 6.63. The van der Waals surface area contributed by atoms with Gasteiger partial charge in [-0.1, -0.05) is 18.6 Å². The summed E-state index contributed by atoms with van der Waals surface area (Å²) in [7, 11) is 1.31. The second-order valence-electron chi connectivity index (χ2n) is 8.43. The highest BCUT2D eigenvalue weighted by atomic mass is 16.6. The van der Waals surface area contributed by atoms with E-state index >= 15 is 0 Å². The number of carbonyl (C=O) groups is 3. The predicted molar refractivity (Wildman–Crippen MR) is 110 cm³/mol. The summed E-state index contributed by atoms with van der Waals surface area (Å²) in [6.07, 6.45) is 6.60. The third-order valence-corrected chi connectivity index (χ3v) is 6.53. The lowest BCUT2D eigenvalue weighted by atomic mass is 9.84. The molecule has 3 fully saturated rings. The number of carbonyl (C=O) groups excluding carboxylic acids is 3. The number of nitrogens with zero attached hydrogens (tertiary/aromatic N) is 2. The van der Waals surface area contributed by atoms with Crippen molar-refractivity contribution >= 4 is 23.8 Å². The van der Waals surface area contributed by atoms with Crippen LogP contribution in [0.5, 0.6) is 0 Å². The molecule has 0 bridgehead atoms. The predicted octanol–water partition coefficient (Wildman–Crippen LogP) is 3.62. The van der Waals surface area contributed by atoms with Crippen molar-refractivity contribution in [2.45, 2.75) is 56.6 Å². The number of urea groups is 1. The van der Waals surface area contributed by atoms with Gasteiger partial charge >= 0.3 is 18.1 Å². The second kappa shape index (κ2) is 8.53. The van der Waals surface area contributed by atoms with Crippen molar-refractivity contribution in [1.82, 2.24) is 9.80 Å².